The fraction of sp³-hybridized carbons (Fsp3) is 0.500. The number of amides is 2. The van der Waals surface area contributed by atoms with Crippen molar-refractivity contribution < 1.29 is 23.1 Å². The van der Waals surface area contributed by atoms with E-state index in [1.807, 2.05) is 4.90 Å². The molecule has 2 fully saturated rings. The Labute approximate surface area is 222 Å². The summed E-state index contributed by atoms with van der Waals surface area (Å²) < 4.78 is 33.8. The van der Waals surface area contributed by atoms with Crippen molar-refractivity contribution in [1.82, 2.24) is 39.5 Å². The molecule has 2 aliphatic heterocycles. The van der Waals surface area contributed by atoms with Gasteiger partial charge >= 0.3 is 6.55 Å². The van der Waals surface area contributed by atoms with E-state index in [1.54, 1.807) is 9.47 Å². The number of rotatable bonds is 8. The van der Waals surface area contributed by atoms with Gasteiger partial charge in [0.25, 0.3) is 0 Å². The molecule has 13 nitrogen and oxygen atoms in total. The zero-order valence-corrected chi connectivity index (χ0v) is 21.3. The topological polar surface area (TPSA) is 135 Å². The molecule has 2 amide bonds. The second-order valence-corrected chi connectivity index (χ2v) is 9.32. The minimum atomic E-state index is -2.78. The van der Waals surface area contributed by atoms with Crippen molar-refractivity contribution in [2.45, 2.75) is 31.9 Å². The molecule has 208 valence electrons. The maximum absolute atomic E-state index is 13.1. The number of halogens is 2. The summed E-state index contributed by atoms with van der Waals surface area (Å²) in [5, 5.41) is 9.78. The van der Waals surface area contributed by atoms with Crippen molar-refractivity contribution in [3.63, 3.8) is 0 Å². The molecule has 5 rings (SSSR count). The molecule has 2 N–H and O–H groups in total. The summed E-state index contributed by atoms with van der Waals surface area (Å²) in [6.45, 7) is 3.92. The predicted octanol–water partition coefficient (Wildman–Crippen LogP) is 1.34. The van der Waals surface area contributed by atoms with Crippen LogP contribution in [0.2, 0.25) is 0 Å². The first-order chi connectivity index (χ1) is 18.9. The zero-order valence-electron chi connectivity index (χ0n) is 21.3. The highest BCUT2D eigenvalue weighted by Gasteiger charge is 2.24. The average molecular weight is 545 g/mol. The van der Waals surface area contributed by atoms with Gasteiger partial charge in [-0.05, 0) is 25.3 Å². The number of anilines is 2. The third-order valence-electron chi connectivity index (χ3n) is 6.68. The molecule has 39 heavy (non-hydrogen) atoms. The Morgan fingerprint density at radius 2 is 2.03 bits per heavy atom. The van der Waals surface area contributed by atoms with Crippen molar-refractivity contribution in [1.29, 1.82) is 0 Å². The number of nitrogens with zero attached hydrogens (tertiary/aromatic N) is 8. The number of aromatic nitrogens is 6. The molecule has 0 radical (unpaired) electrons. The maximum atomic E-state index is 13.1. The second kappa shape index (κ2) is 11.7. The first-order valence-corrected chi connectivity index (χ1v) is 12.8. The SMILES string of the molecule is C=CC(=O)N1CCCCC(NC(=O)CNc2nc(N3CCOCC3)nc3c2ncn3-c2cnn(C(F)F)c2)C1. The van der Waals surface area contributed by atoms with Crippen molar-refractivity contribution in [2.75, 3.05) is 56.2 Å². The molecule has 3 aromatic rings. The fourth-order valence-corrected chi connectivity index (χ4v) is 4.70. The molecule has 0 aliphatic carbocycles. The number of nitrogens with one attached hydrogen (secondary N) is 2. The van der Waals surface area contributed by atoms with E-state index in [4.69, 9.17) is 4.74 Å². The van der Waals surface area contributed by atoms with Crippen LogP contribution in [0.25, 0.3) is 16.9 Å². The van der Waals surface area contributed by atoms with Gasteiger partial charge in [0.05, 0.1) is 37.8 Å². The highest BCUT2D eigenvalue weighted by Crippen LogP contribution is 2.26. The lowest BCUT2D eigenvalue weighted by Crippen LogP contribution is -2.45. The van der Waals surface area contributed by atoms with Gasteiger partial charge in [0.1, 0.15) is 6.33 Å². The largest absolute Gasteiger partial charge is 0.378 e. The maximum Gasteiger partial charge on any atom is 0.333 e. The van der Waals surface area contributed by atoms with Gasteiger partial charge in [0, 0.05) is 32.2 Å². The van der Waals surface area contributed by atoms with Crippen LogP contribution >= 0.6 is 0 Å². The Hall–Kier alpha value is -4.14. The molecule has 15 heteroatoms. The minimum absolute atomic E-state index is 0.0866. The molecule has 2 aliphatic rings. The number of ether oxygens (including phenoxy) is 1. The predicted molar refractivity (Wildman–Crippen MR) is 138 cm³/mol. The monoisotopic (exact) mass is 544 g/mol. The van der Waals surface area contributed by atoms with Gasteiger partial charge in [0.15, 0.2) is 17.0 Å². The normalized spacial score (nSPS) is 18.3. The summed E-state index contributed by atoms with van der Waals surface area (Å²) in [5.41, 5.74) is 1.12. The first-order valence-electron chi connectivity index (χ1n) is 12.8. The van der Waals surface area contributed by atoms with Gasteiger partial charge in [-0.1, -0.05) is 6.58 Å². The Kier molecular flexibility index (Phi) is 7.95. The molecule has 5 heterocycles. The number of fused-ring (bicyclic) bond motifs is 1. The van der Waals surface area contributed by atoms with Gasteiger partial charge in [-0.3, -0.25) is 14.2 Å². The Bertz CT molecular complexity index is 1340. The van der Waals surface area contributed by atoms with Crippen molar-refractivity contribution in [3.8, 4) is 5.69 Å². The lowest BCUT2D eigenvalue weighted by atomic mass is 10.1. The van der Waals surface area contributed by atoms with Crippen LogP contribution in [0.15, 0.2) is 31.4 Å². The number of carbonyl (C=O) groups is 2. The summed E-state index contributed by atoms with van der Waals surface area (Å²) in [6.07, 6.45) is 7.78. The van der Waals surface area contributed by atoms with Crippen LogP contribution in [0.5, 0.6) is 0 Å². The van der Waals surface area contributed by atoms with Crippen LogP contribution in [0.4, 0.5) is 20.5 Å². The van der Waals surface area contributed by atoms with Crippen LogP contribution in [0.1, 0.15) is 25.8 Å². The van der Waals surface area contributed by atoms with E-state index in [2.05, 4.69) is 37.3 Å². The van der Waals surface area contributed by atoms with Crippen LogP contribution < -0.4 is 15.5 Å². The van der Waals surface area contributed by atoms with E-state index in [0.29, 0.717) is 72.7 Å². The lowest BCUT2D eigenvalue weighted by Gasteiger charge is -2.27. The van der Waals surface area contributed by atoms with Crippen LogP contribution in [-0.4, -0.2) is 98.0 Å². The van der Waals surface area contributed by atoms with Crippen LogP contribution in [0, 0.1) is 0 Å². The number of imidazole rings is 1. The van der Waals surface area contributed by atoms with Gasteiger partial charge in [-0.2, -0.15) is 23.8 Å². The molecule has 0 saturated carbocycles. The molecular formula is C24H30F2N10O3. The molecule has 0 aromatic carbocycles. The second-order valence-electron chi connectivity index (χ2n) is 9.32. The number of alkyl halides is 2. The third-order valence-corrected chi connectivity index (χ3v) is 6.68. The summed E-state index contributed by atoms with van der Waals surface area (Å²) >= 11 is 0. The molecule has 1 atom stereocenters. The smallest absolute Gasteiger partial charge is 0.333 e. The van der Waals surface area contributed by atoms with Gasteiger partial charge in [-0.25, -0.2) is 9.67 Å². The Morgan fingerprint density at radius 1 is 1.21 bits per heavy atom. The lowest BCUT2D eigenvalue weighted by molar-refractivity contribution is -0.127. The molecule has 3 aromatic heterocycles. The average Bonchev–Trinajstić information content (AvgIpc) is 3.54. The van der Waals surface area contributed by atoms with E-state index in [0.717, 1.165) is 19.3 Å². The summed E-state index contributed by atoms with van der Waals surface area (Å²) in [6, 6.07) is -0.175. The number of hydrogen-bond acceptors (Lipinski definition) is 9. The molecule has 2 saturated heterocycles. The Morgan fingerprint density at radius 3 is 2.77 bits per heavy atom. The third kappa shape index (κ3) is 5.97. The Balaban J connectivity index is 1.37. The van der Waals surface area contributed by atoms with E-state index >= 15 is 0 Å². The fourth-order valence-electron chi connectivity index (χ4n) is 4.70. The molecular weight excluding hydrogens is 514 g/mol. The highest BCUT2D eigenvalue weighted by molar-refractivity contribution is 5.89. The molecule has 0 spiro atoms. The first kappa shape index (κ1) is 26.5. The summed E-state index contributed by atoms with van der Waals surface area (Å²) in [4.78, 5) is 42.3. The van der Waals surface area contributed by atoms with E-state index in [1.165, 1.54) is 24.8 Å². The standard InChI is InChI=1S/C24H30F2N10O3/c1-2-19(38)34-6-4-3-5-16(13-34)30-18(37)12-27-21-20-22(32-24(31-21)33-7-9-39-10-8-33)35(15-28-20)17-11-29-36(14-17)23(25)26/h2,11,14-16,23H,1,3-10,12-13H2,(H,30,37)(H,27,31,32). The number of carbonyl (C=O) groups excluding carboxylic acids is 2. The van der Waals surface area contributed by atoms with Gasteiger partial charge < -0.3 is 25.2 Å². The van der Waals surface area contributed by atoms with Crippen molar-refractivity contribution in [3.05, 3.63) is 31.4 Å². The van der Waals surface area contributed by atoms with Gasteiger partial charge in [0.2, 0.25) is 17.8 Å². The van der Waals surface area contributed by atoms with Gasteiger partial charge in [-0.15, -0.1) is 0 Å². The van der Waals surface area contributed by atoms with Crippen LogP contribution in [-0.2, 0) is 14.3 Å². The van der Waals surface area contributed by atoms with Crippen molar-refractivity contribution in [2.24, 2.45) is 0 Å². The quantitative estimate of drug-likeness (QED) is 0.403. The number of likely N-dealkylation sites (tertiary alicyclic amines) is 1. The van der Waals surface area contributed by atoms with Crippen LogP contribution in [0.3, 0.4) is 0 Å². The number of hydrogen-bond donors (Lipinski definition) is 2. The molecule has 0 bridgehead atoms. The zero-order chi connectivity index (χ0) is 27.4. The number of morpholine rings is 1. The molecule has 1 unspecified atom stereocenters. The van der Waals surface area contributed by atoms with E-state index in [9.17, 15) is 18.4 Å². The summed E-state index contributed by atoms with van der Waals surface area (Å²) in [7, 11) is 0. The van der Waals surface area contributed by atoms with E-state index in [-0.39, 0.29) is 24.4 Å². The summed E-state index contributed by atoms with van der Waals surface area (Å²) in [5.74, 6) is 0.327. The van der Waals surface area contributed by atoms with Crippen molar-refractivity contribution >= 4 is 34.7 Å². The van der Waals surface area contributed by atoms with E-state index < -0.39 is 6.55 Å². The minimum Gasteiger partial charge on any atom is -0.378 e. The highest BCUT2D eigenvalue weighted by atomic mass is 19.3.